The average molecular weight is 498 g/mol. The lowest BCUT2D eigenvalue weighted by Gasteiger charge is -2.37. The van der Waals surface area contributed by atoms with Crippen LogP contribution in [0.2, 0.25) is 0 Å². The Kier molecular flexibility index (Phi) is 16.7. The van der Waals surface area contributed by atoms with E-state index in [-0.39, 0.29) is 12.2 Å². The van der Waals surface area contributed by atoms with Gasteiger partial charge in [0, 0.05) is 13.2 Å². The summed E-state index contributed by atoms with van der Waals surface area (Å²) < 4.78 is 17.9. The molecule has 1 amide bonds. The first kappa shape index (κ1) is 30.4. The van der Waals surface area contributed by atoms with Crippen molar-refractivity contribution < 1.29 is 23.5 Å². The van der Waals surface area contributed by atoms with E-state index < -0.39 is 0 Å². The number of rotatable bonds is 22. The molecule has 0 N–H and O–H groups in total. The predicted molar refractivity (Wildman–Crippen MR) is 144 cm³/mol. The number of ether oxygens (including phenoxy) is 3. The first-order valence-electron chi connectivity index (χ1n) is 15.1. The molecule has 35 heavy (non-hydrogen) atoms. The molecule has 0 aliphatic carbocycles. The van der Waals surface area contributed by atoms with Crippen molar-refractivity contribution in [2.45, 2.75) is 116 Å². The standard InChI is InChI=1S/C29H57N2O4/c1-3-4-5-6-7-8-9-10-11-12-13-14-15-18-23-34-27-28-26-30(29(32)35-28)19-16-17-20-31(2)21-24-33-25-22-31/h28H,3-27H2,1-2H3/q+1. The van der Waals surface area contributed by atoms with Gasteiger partial charge in [0.1, 0.15) is 19.2 Å². The lowest BCUT2D eigenvalue weighted by atomic mass is 10.0. The molecule has 0 bridgehead atoms. The largest absolute Gasteiger partial charge is 0.442 e. The zero-order valence-corrected chi connectivity index (χ0v) is 23.3. The fourth-order valence-electron chi connectivity index (χ4n) is 5.26. The molecule has 1 unspecified atom stereocenters. The van der Waals surface area contributed by atoms with Gasteiger partial charge in [-0.3, -0.25) is 0 Å². The van der Waals surface area contributed by atoms with E-state index in [1.807, 2.05) is 4.90 Å². The smallest absolute Gasteiger partial charge is 0.410 e. The third-order valence-corrected chi connectivity index (χ3v) is 7.82. The summed E-state index contributed by atoms with van der Waals surface area (Å²) in [7, 11) is 2.32. The Labute approximate surface area is 216 Å². The Hall–Kier alpha value is -0.850. The highest BCUT2D eigenvalue weighted by Crippen LogP contribution is 2.16. The molecule has 0 radical (unpaired) electrons. The van der Waals surface area contributed by atoms with Crippen molar-refractivity contribution in [2.24, 2.45) is 0 Å². The molecule has 0 aromatic carbocycles. The average Bonchev–Trinajstić information content (AvgIpc) is 3.21. The van der Waals surface area contributed by atoms with Gasteiger partial charge in [-0.2, -0.15) is 0 Å². The van der Waals surface area contributed by atoms with Gasteiger partial charge in [-0.15, -0.1) is 0 Å². The monoisotopic (exact) mass is 497 g/mol. The molecule has 2 aliphatic heterocycles. The van der Waals surface area contributed by atoms with Gasteiger partial charge in [-0.1, -0.05) is 90.4 Å². The summed E-state index contributed by atoms with van der Waals surface area (Å²) in [6.45, 7) is 10.2. The van der Waals surface area contributed by atoms with Gasteiger partial charge in [0.05, 0.1) is 40.0 Å². The van der Waals surface area contributed by atoms with E-state index in [1.54, 1.807) is 0 Å². The van der Waals surface area contributed by atoms with Crippen LogP contribution < -0.4 is 0 Å². The Morgan fingerprint density at radius 1 is 0.829 bits per heavy atom. The van der Waals surface area contributed by atoms with Crippen LogP contribution in [0.15, 0.2) is 0 Å². The van der Waals surface area contributed by atoms with Gasteiger partial charge in [0.25, 0.3) is 0 Å². The fraction of sp³-hybridized carbons (Fsp3) is 0.966. The van der Waals surface area contributed by atoms with Gasteiger partial charge in [-0.25, -0.2) is 4.79 Å². The molecular formula is C29H57N2O4+. The SMILES string of the molecule is CCCCCCCCCCCCCCCCOCC1CN(CCCC[N+]2(C)CCOCC2)C(=O)O1. The van der Waals surface area contributed by atoms with Crippen molar-refractivity contribution in [1.82, 2.24) is 4.90 Å². The summed E-state index contributed by atoms with van der Waals surface area (Å²) in [5.74, 6) is 0. The molecule has 0 aromatic rings. The molecule has 6 nitrogen and oxygen atoms in total. The summed E-state index contributed by atoms with van der Waals surface area (Å²) in [5, 5.41) is 0. The highest BCUT2D eigenvalue weighted by Gasteiger charge is 2.31. The maximum atomic E-state index is 12.1. The normalized spacial score (nSPS) is 19.9. The first-order valence-corrected chi connectivity index (χ1v) is 15.1. The third kappa shape index (κ3) is 14.5. The number of amides is 1. The highest BCUT2D eigenvalue weighted by molar-refractivity contribution is 5.69. The molecule has 6 heteroatoms. The third-order valence-electron chi connectivity index (χ3n) is 7.82. The molecule has 2 heterocycles. The molecule has 1 atom stereocenters. The quantitative estimate of drug-likeness (QED) is 0.125. The molecule has 0 spiro atoms. The van der Waals surface area contributed by atoms with Crippen LogP contribution in [0.4, 0.5) is 4.79 Å². The number of hydrogen-bond acceptors (Lipinski definition) is 4. The second-order valence-electron chi connectivity index (χ2n) is 11.2. The minimum absolute atomic E-state index is 0.0991. The summed E-state index contributed by atoms with van der Waals surface area (Å²) in [4.78, 5) is 14.0. The Balaban J connectivity index is 1.33. The van der Waals surface area contributed by atoms with Crippen molar-refractivity contribution in [3.63, 3.8) is 0 Å². The van der Waals surface area contributed by atoms with Crippen LogP contribution >= 0.6 is 0 Å². The maximum Gasteiger partial charge on any atom is 0.410 e. The zero-order valence-electron chi connectivity index (χ0n) is 23.3. The second-order valence-corrected chi connectivity index (χ2v) is 11.2. The first-order chi connectivity index (χ1) is 17.1. The number of cyclic esters (lactones) is 1. The predicted octanol–water partition coefficient (Wildman–Crippen LogP) is 6.56. The molecule has 2 aliphatic rings. The van der Waals surface area contributed by atoms with Crippen molar-refractivity contribution in [1.29, 1.82) is 0 Å². The van der Waals surface area contributed by atoms with E-state index in [1.165, 1.54) is 83.5 Å². The number of morpholine rings is 1. The Morgan fingerprint density at radius 3 is 2.00 bits per heavy atom. The molecule has 2 fully saturated rings. The van der Waals surface area contributed by atoms with Crippen LogP contribution in [0.3, 0.4) is 0 Å². The van der Waals surface area contributed by atoms with Crippen molar-refractivity contribution in [3.05, 3.63) is 0 Å². The summed E-state index contributed by atoms with van der Waals surface area (Å²) >= 11 is 0. The number of carbonyl (C=O) groups excluding carboxylic acids is 1. The topological polar surface area (TPSA) is 48.0 Å². The van der Waals surface area contributed by atoms with Gasteiger partial charge in [0.15, 0.2) is 0 Å². The van der Waals surface area contributed by atoms with Crippen LogP contribution in [0.25, 0.3) is 0 Å². The van der Waals surface area contributed by atoms with Gasteiger partial charge < -0.3 is 23.6 Å². The van der Waals surface area contributed by atoms with Gasteiger partial charge in [0.2, 0.25) is 0 Å². The molecule has 0 aromatic heterocycles. The zero-order chi connectivity index (χ0) is 25.0. The molecule has 2 saturated heterocycles. The number of hydrogen-bond donors (Lipinski definition) is 0. The molecular weight excluding hydrogens is 440 g/mol. The van der Waals surface area contributed by atoms with Crippen molar-refractivity contribution in [3.8, 4) is 0 Å². The van der Waals surface area contributed by atoms with Crippen LogP contribution in [-0.2, 0) is 14.2 Å². The lowest BCUT2D eigenvalue weighted by Crippen LogP contribution is -2.52. The maximum absolute atomic E-state index is 12.1. The second kappa shape index (κ2) is 19.3. The van der Waals surface area contributed by atoms with E-state index in [9.17, 15) is 4.79 Å². The van der Waals surface area contributed by atoms with Crippen LogP contribution in [-0.4, -0.2) is 87.8 Å². The summed E-state index contributed by atoms with van der Waals surface area (Å²) in [5.41, 5.74) is 0. The molecule has 2 rings (SSSR count). The minimum atomic E-state index is -0.165. The van der Waals surface area contributed by atoms with Crippen molar-refractivity contribution in [2.75, 3.05) is 66.2 Å². The number of nitrogens with zero attached hydrogens (tertiary/aromatic N) is 2. The van der Waals surface area contributed by atoms with E-state index >= 15 is 0 Å². The number of quaternary nitrogens is 1. The summed E-state index contributed by atoms with van der Waals surface area (Å²) in [6.07, 6.45) is 21.1. The van der Waals surface area contributed by atoms with E-state index in [4.69, 9.17) is 14.2 Å². The van der Waals surface area contributed by atoms with E-state index in [0.717, 1.165) is 69.7 Å². The van der Waals surface area contributed by atoms with E-state index in [0.29, 0.717) is 13.2 Å². The summed E-state index contributed by atoms with van der Waals surface area (Å²) in [6, 6.07) is 0. The highest BCUT2D eigenvalue weighted by atomic mass is 16.6. The van der Waals surface area contributed by atoms with E-state index in [2.05, 4.69) is 14.0 Å². The van der Waals surface area contributed by atoms with Gasteiger partial charge >= 0.3 is 6.09 Å². The fourth-order valence-corrected chi connectivity index (χ4v) is 5.26. The van der Waals surface area contributed by atoms with Crippen molar-refractivity contribution >= 4 is 6.09 Å². The number of unbranched alkanes of at least 4 members (excludes halogenated alkanes) is 14. The molecule has 206 valence electrons. The number of carbonyl (C=O) groups is 1. The molecule has 0 saturated carbocycles. The Morgan fingerprint density at radius 2 is 1.40 bits per heavy atom. The Bertz CT molecular complexity index is 525. The minimum Gasteiger partial charge on any atom is -0.442 e. The van der Waals surface area contributed by atoms with Crippen LogP contribution in [0.1, 0.15) is 110 Å². The number of likely N-dealkylation sites (N-methyl/N-ethyl adjacent to an activating group) is 1. The lowest BCUT2D eigenvalue weighted by molar-refractivity contribution is -0.917. The van der Waals surface area contributed by atoms with Crippen LogP contribution in [0, 0.1) is 0 Å². The van der Waals surface area contributed by atoms with Gasteiger partial charge in [-0.05, 0) is 19.3 Å². The van der Waals surface area contributed by atoms with Crippen LogP contribution in [0.5, 0.6) is 0 Å².